The second kappa shape index (κ2) is 12.1. The second-order valence-electron chi connectivity index (χ2n) is 10.7. The lowest BCUT2D eigenvalue weighted by Gasteiger charge is -2.55. The van der Waals surface area contributed by atoms with Gasteiger partial charge in [-0.3, -0.25) is 14.3 Å². The van der Waals surface area contributed by atoms with Crippen LogP contribution in [0.25, 0.3) is 11.0 Å². The van der Waals surface area contributed by atoms with Crippen LogP contribution in [0.15, 0.2) is 41.2 Å². The molecule has 9 nitrogen and oxygen atoms in total. The van der Waals surface area contributed by atoms with Gasteiger partial charge in [0, 0.05) is 45.7 Å². The van der Waals surface area contributed by atoms with Gasteiger partial charge in [-0.2, -0.15) is 36.6 Å². The molecular weight excluding hydrogens is 592 g/mol. The maximum absolute atomic E-state index is 15.5. The predicted octanol–water partition coefficient (Wildman–Crippen LogP) is 4.49. The Morgan fingerprint density at radius 1 is 0.977 bits per heavy atom. The summed E-state index contributed by atoms with van der Waals surface area (Å²) in [6, 6.07) is 6.23. The Balaban J connectivity index is 1.91. The highest BCUT2D eigenvalue weighted by molar-refractivity contribution is 5.86. The number of alkyl halides is 6. The zero-order chi connectivity index (χ0) is 32.6. The molecule has 1 N–H and O–H groups in total. The number of pyridine rings is 1. The molecule has 2 aromatic heterocycles. The minimum atomic E-state index is -5.04. The summed E-state index contributed by atoms with van der Waals surface area (Å²) in [4.78, 5) is 36.3. The molecular formula is C29H31F6N7O2. The molecule has 3 heterocycles. The van der Waals surface area contributed by atoms with Gasteiger partial charge in [0.15, 0.2) is 11.4 Å². The van der Waals surface area contributed by atoms with E-state index in [9.17, 15) is 28.0 Å². The van der Waals surface area contributed by atoms with Crippen LogP contribution in [0.4, 0.5) is 32.2 Å². The van der Waals surface area contributed by atoms with Gasteiger partial charge in [0.05, 0.1) is 11.1 Å². The number of fused-ring (bicyclic) bond motifs is 1. The summed E-state index contributed by atoms with van der Waals surface area (Å²) >= 11 is 0. The van der Waals surface area contributed by atoms with Crippen molar-refractivity contribution < 1.29 is 31.1 Å². The van der Waals surface area contributed by atoms with Crippen molar-refractivity contribution in [1.29, 1.82) is 5.26 Å². The maximum Gasteiger partial charge on any atom is 0.416 e. The lowest BCUT2D eigenvalue weighted by atomic mass is 9.82. The number of anilines is 1. The molecule has 1 amide bonds. The number of halogens is 6. The summed E-state index contributed by atoms with van der Waals surface area (Å²) in [6.07, 6.45) is -9.33. The highest BCUT2D eigenvalue weighted by Gasteiger charge is 2.62. The van der Waals surface area contributed by atoms with Gasteiger partial charge in [0.25, 0.3) is 0 Å². The van der Waals surface area contributed by atoms with Gasteiger partial charge >= 0.3 is 18.0 Å². The number of aromatic nitrogens is 3. The molecule has 15 heteroatoms. The number of carbonyl (C=O) groups excluding carboxylic acids is 1. The molecule has 3 atom stereocenters. The van der Waals surface area contributed by atoms with Gasteiger partial charge in [0.1, 0.15) is 17.3 Å². The van der Waals surface area contributed by atoms with Crippen molar-refractivity contribution >= 4 is 22.8 Å². The molecule has 3 aromatic rings. The van der Waals surface area contributed by atoms with Crippen LogP contribution in [0.2, 0.25) is 0 Å². The van der Waals surface area contributed by atoms with Crippen LogP contribution in [0.3, 0.4) is 0 Å². The largest absolute Gasteiger partial charge is 0.416 e. The number of hydrogen-bond acceptors (Lipinski definition) is 7. The average molecular weight is 624 g/mol. The number of piperazine rings is 1. The second-order valence-corrected chi connectivity index (χ2v) is 10.7. The highest BCUT2D eigenvalue weighted by atomic mass is 19.4. The van der Waals surface area contributed by atoms with Gasteiger partial charge in [0.2, 0.25) is 5.91 Å². The van der Waals surface area contributed by atoms with E-state index < -0.39 is 59.2 Å². The molecule has 1 aromatic carbocycles. The fraction of sp³-hybridized carbons (Fsp3) is 0.483. The van der Waals surface area contributed by atoms with E-state index in [1.165, 1.54) is 22.6 Å². The van der Waals surface area contributed by atoms with E-state index in [-0.39, 0.29) is 36.5 Å². The van der Waals surface area contributed by atoms with E-state index in [1.807, 2.05) is 6.07 Å². The van der Waals surface area contributed by atoms with Crippen LogP contribution in [0, 0.1) is 11.3 Å². The number of nitriles is 1. The summed E-state index contributed by atoms with van der Waals surface area (Å²) < 4.78 is 87.6. The van der Waals surface area contributed by atoms with Gasteiger partial charge in [-0.25, -0.2) is 9.78 Å². The Morgan fingerprint density at radius 2 is 1.59 bits per heavy atom. The molecule has 0 bridgehead atoms. The molecule has 1 aliphatic rings. The van der Waals surface area contributed by atoms with E-state index in [0.29, 0.717) is 24.1 Å². The normalized spacial score (nSPS) is 19.4. The monoisotopic (exact) mass is 623 g/mol. The minimum Gasteiger partial charge on any atom is -0.354 e. The molecule has 1 unspecified atom stereocenters. The third-order valence-electron chi connectivity index (χ3n) is 8.20. The summed E-state index contributed by atoms with van der Waals surface area (Å²) in [5, 5.41) is 11.7. The van der Waals surface area contributed by atoms with Gasteiger partial charge in [-0.1, -0.05) is 26.0 Å². The van der Waals surface area contributed by atoms with Gasteiger partial charge < -0.3 is 10.2 Å². The standard InChI is InChI=1S/C29H31F6N7O2/c1-5-21-15-42(27(29(33,34)35,16-37-17(3)43)18-7-9-19(10-8-18)28(30,31)32)22(6-2)14-41(21)25-24-23(40(4)26(44)39-25)12-11-20(13-36)38-24/h7-12,21-22H,5-6,14-16H2,1-4H3,(H,37,43)/t21-,22+,27?/m0/s1. The quantitative estimate of drug-likeness (QED) is 0.387. The molecule has 0 saturated carbocycles. The summed E-state index contributed by atoms with van der Waals surface area (Å²) in [7, 11) is 1.49. The third-order valence-corrected chi connectivity index (χ3v) is 8.20. The predicted molar refractivity (Wildman–Crippen MR) is 150 cm³/mol. The number of aryl methyl sites for hydroxylation is 1. The topological polar surface area (TPSA) is 107 Å². The first-order chi connectivity index (χ1) is 20.6. The van der Waals surface area contributed by atoms with Crippen LogP contribution in [-0.2, 0) is 23.6 Å². The first kappa shape index (κ1) is 32.7. The first-order valence-electron chi connectivity index (χ1n) is 13.9. The summed E-state index contributed by atoms with van der Waals surface area (Å²) in [5.74, 6) is -0.612. The van der Waals surface area contributed by atoms with Crippen molar-refractivity contribution in [2.24, 2.45) is 7.05 Å². The van der Waals surface area contributed by atoms with Crippen molar-refractivity contribution in [1.82, 2.24) is 24.8 Å². The van der Waals surface area contributed by atoms with Crippen molar-refractivity contribution in [3.05, 3.63) is 63.7 Å². The lowest BCUT2D eigenvalue weighted by molar-refractivity contribution is -0.246. The van der Waals surface area contributed by atoms with Crippen LogP contribution >= 0.6 is 0 Å². The third kappa shape index (κ3) is 5.82. The fourth-order valence-corrected chi connectivity index (χ4v) is 5.83. The smallest absolute Gasteiger partial charge is 0.354 e. The average Bonchev–Trinajstić information content (AvgIpc) is 2.97. The molecule has 236 valence electrons. The van der Waals surface area contributed by atoms with Crippen molar-refractivity contribution in [3.63, 3.8) is 0 Å². The summed E-state index contributed by atoms with van der Waals surface area (Å²) in [5.41, 5.74) is -4.40. The Morgan fingerprint density at radius 3 is 2.11 bits per heavy atom. The molecule has 0 radical (unpaired) electrons. The van der Waals surface area contributed by atoms with E-state index >= 15 is 13.2 Å². The number of nitrogens with zero attached hydrogens (tertiary/aromatic N) is 6. The zero-order valence-corrected chi connectivity index (χ0v) is 24.4. The molecule has 1 aliphatic heterocycles. The van der Waals surface area contributed by atoms with Crippen molar-refractivity contribution in [2.45, 2.75) is 63.6 Å². The summed E-state index contributed by atoms with van der Waals surface area (Å²) in [6.45, 7) is 3.25. The Kier molecular flexibility index (Phi) is 8.97. The number of benzene rings is 1. The zero-order valence-electron chi connectivity index (χ0n) is 24.4. The van der Waals surface area contributed by atoms with Crippen LogP contribution < -0.4 is 15.9 Å². The number of amides is 1. The van der Waals surface area contributed by atoms with Crippen LogP contribution in [0.5, 0.6) is 0 Å². The number of rotatable bonds is 7. The first-order valence-corrected chi connectivity index (χ1v) is 13.9. The molecule has 44 heavy (non-hydrogen) atoms. The number of hydrogen-bond donors (Lipinski definition) is 1. The SMILES string of the molecule is CC[C@H]1CN(C(CNC(C)=O)(c2ccc(C(F)(F)F)cc2)C(F)(F)F)[C@H](CC)CN1c1nc(=O)n(C)c2ccc(C#N)nc12. The Labute approximate surface area is 249 Å². The van der Waals surface area contributed by atoms with E-state index in [2.05, 4.69) is 15.3 Å². The van der Waals surface area contributed by atoms with Crippen LogP contribution in [0.1, 0.15) is 50.4 Å². The van der Waals surface area contributed by atoms with E-state index in [1.54, 1.807) is 24.8 Å². The van der Waals surface area contributed by atoms with Crippen molar-refractivity contribution in [3.8, 4) is 6.07 Å². The van der Waals surface area contributed by atoms with E-state index in [0.717, 1.165) is 19.1 Å². The highest BCUT2D eigenvalue weighted by Crippen LogP contribution is 2.47. The fourth-order valence-electron chi connectivity index (χ4n) is 5.83. The molecule has 0 aliphatic carbocycles. The minimum absolute atomic E-state index is 0.0543. The Bertz CT molecular complexity index is 1630. The Hall–Kier alpha value is -4.19. The molecule has 1 fully saturated rings. The number of carbonyl (C=O) groups is 1. The lowest BCUT2D eigenvalue weighted by Crippen LogP contribution is -2.70. The van der Waals surface area contributed by atoms with E-state index in [4.69, 9.17) is 0 Å². The van der Waals surface area contributed by atoms with Crippen molar-refractivity contribution in [2.75, 3.05) is 24.5 Å². The van der Waals surface area contributed by atoms with Gasteiger partial charge in [-0.05, 0) is 42.7 Å². The van der Waals surface area contributed by atoms with Gasteiger partial charge in [-0.15, -0.1) is 0 Å². The molecule has 1 saturated heterocycles. The number of nitrogens with one attached hydrogen (secondary N) is 1. The van der Waals surface area contributed by atoms with Crippen LogP contribution in [-0.4, -0.2) is 63.2 Å². The maximum atomic E-state index is 15.5. The molecule has 0 spiro atoms. The molecule has 4 rings (SSSR count).